The van der Waals surface area contributed by atoms with Crippen LogP contribution < -0.4 is 14.4 Å². The molecule has 4 aromatic carbocycles. The first kappa shape index (κ1) is 26.0. The molecule has 1 fully saturated rings. The van der Waals surface area contributed by atoms with E-state index in [0.29, 0.717) is 33.9 Å². The van der Waals surface area contributed by atoms with Gasteiger partial charge in [-0.2, -0.15) is 0 Å². The predicted molar refractivity (Wildman–Crippen MR) is 163 cm³/mol. The van der Waals surface area contributed by atoms with E-state index in [-0.39, 0.29) is 5.91 Å². The topological polar surface area (TPSA) is 38.8 Å². The number of halogens is 2. The highest BCUT2D eigenvalue weighted by atomic mass is 79.9. The lowest BCUT2D eigenvalue weighted by atomic mass is 10.1. The SMILES string of the molecule is CCOc1cc(/C=C2/SC(=S)N(c3ccc(Br)cc3)C2=O)cc(Br)c1OCc1cccc2ccccc12. The number of carbonyl (C=O) groups is 1. The number of anilines is 1. The second kappa shape index (κ2) is 11.4. The van der Waals surface area contributed by atoms with E-state index >= 15 is 0 Å². The molecule has 8 heteroatoms. The molecule has 1 aliphatic rings. The molecule has 0 bridgehead atoms. The monoisotopic (exact) mass is 653 g/mol. The zero-order chi connectivity index (χ0) is 25.9. The molecule has 0 aliphatic carbocycles. The van der Waals surface area contributed by atoms with Crippen molar-refractivity contribution < 1.29 is 14.3 Å². The molecule has 0 N–H and O–H groups in total. The molecule has 4 nitrogen and oxygen atoms in total. The fraction of sp³-hybridized carbons (Fsp3) is 0.103. The molecule has 0 atom stereocenters. The first-order chi connectivity index (χ1) is 17.9. The van der Waals surface area contributed by atoms with Crippen molar-refractivity contribution in [3.05, 3.63) is 104 Å². The van der Waals surface area contributed by atoms with Crippen molar-refractivity contribution in [3.63, 3.8) is 0 Å². The molecule has 0 saturated carbocycles. The van der Waals surface area contributed by atoms with E-state index in [1.54, 1.807) is 4.90 Å². The number of benzene rings is 4. The molecule has 5 rings (SSSR count). The molecule has 37 heavy (non-hydrogen) atoms. The molecule has 1 aliphatic heterocycles. The normalized spacial score (nSPS) is 14.6. The fourth-order valence-corrected chi connectivity index (χ4v) is 6.21. The smallest absolute Gasteiger partial charge is 0.270 e. The lowest BCUT2D eigenvalue weighted by molar-refractivity contribution is -0.113. The van der Waals surface area contributed by atoms with Gasteiger partial charge < -0.3 is 9.47 Å². The lowest BCUT2D eigenvalue weighted by Gasteiger charge is -2.16. The van der Waals surface area contributed by atoms with E-state index in [1.165, 1.54) is 17.1 Å². The molecule has 1 saturated heterocycles. The molecule has 4 aromatic rings. The number of amides is 1. The van der Waals surface area contributed by atoms with Gasteiger partial charge in [0, 0.05) is 4.47 Å². The maximum Gasteiger partial charge on any atom is 0.270 e. The van der Waals surface area contributed by atoms with E-state index in [4.69, 9.17) is 21.7 Å². The van der Waals surface area contributed by atoms with Gasteiger partial charge in [0.2, 0.25) is 0 Å². The van der Waals surface area contributed by atoms with E-state index < -0.39 is 0 Å². The largest absolute Gasteiger partial charge is 0.490 e. The zero-order valence-electron chi connectivity index (χ0n) is 19.7. The molecule has 0 unspecified atom stereocenters. The summed E-state index contributed by atoms with van der Waals surface area (Å²) in [6.07, 6.45) is 1.83. The average Bonchev–Trinajstić information content (AvgIpc) is 3.16. The molecule has 1 heterocycles. The van der Waals surface area contributed by atoms with Crippen molar-refractivity contribution >= 4 is 88.6 Å². The maximum absolute atomic E-state index is 13.2. The van der Waals surface area contributed by atoms with Crippen LogP contribution in [-0.4, -0.2) is 16.8 Å². The molecule has 0 radical (unpaired) electrons. The van der Waals surface area contributed by atoms with Crippen LogP contribution in [0, 0.1) is 0 Å². The van der Waals surface area contributed by atoms with Gasteiger partial charge in [-0.05, 0) is 87.2 Å². The van der Waals surface area contributed by atoms with Gasteiger partial charge in [0.05, 0.1) is 21.7 Å². The first-order valence-electron chi connectivity index (χ1n) is 11.5. The number of thioether (sulfide) groups is 1. The fourth-order valence-electron chi connectivity index (χ4n) is 4.07. The standard InChI is InChI=1S/C29H21Br2NO3S2/c1-2-34-25-15-18(16-26-28(33)32(29(36)37-26)22-12-10-21(30)11-13-22)14-24(31)27(25)35-17-20-8-5-7-19-6-3-4-9-23(19)20/h3-16H,2,17H2,1H3/b26-16+. The van der Waals surface area contributed by atoms with Gasteiger partial charge in [-0.15, -0.1) is 0 Å². The van der Waals surface area contributed by atoms with Crippen LogP contribution in [0.1, 0.15) is 18.1 Å². The highest BCUT2D eigenvalue weighted by Gasteiger charge is 2.33. The predicted octanol–water partition coefficient (Wildman–Crippen LogP) is 8.75. The van der Waals surface area contributed by atoms with Crippen LogP contribution >= 0.6 is 55.8 Å². The maximum atomic E-state index is 13.2. The highest BCUT2D eigenvalue weighted by Crippen LogP contribution is 2.41. The minimum Gasteiger partial charge on any atom is -0.490 e. The Balaban J connectivity index is 1.42. The van der Waals surface area contributed by atoms with Crippen molar-refractivity contribution in [2.24, 2.45) is 0 Å². The number of fused-ring (bicyclic) bond motifs is 1. The lowest BCUT2D eigenvalue weighted by Crippen LogP contribution is -2.27. The van der Waals surface area contributed by atoms with Crippen molar-refractivity contribution in [3.8, 4) is 11.5 Å². The van der Waals surface area contributed by atoms with Crippen molar-refractivity contribution in [2.45, 2.75) is 13.5 Å². The van der Waals surface area contributed by atoms with Gasteiger partial charge in [-0.25, -0.2) is 0 Å². The summed E-state index contributed by atoms with van der Waals surface area (Å²) in [4.78, 5) is 15.3. The molecule has 0 aromatic heterocycles. The van der Waals surface area contributed by atoms with E-state index in [0.717, 1.165) is 31.1 Å². The van der Waals surface area contributed by atoms with Crippen molar-refractivity contribution in [1.29, 1.82) is 0 Å². The van der Waals surface area contributed by atoms with Crippen LogP contribution in [0.2, 0.25) is 0 Å². The van der Waals surface area contributed by atoms with Gasteiger partial charge in [0.1, 0.15) is 6.61 Å². The van der Waals surface area contributed by atoms with Crippen LogP contribution in [0.4, 0.5) is 5.69 Å². The van der Waals surface area contributed by atoms with Crippen LogP contribution in [0.3, 0.4) is 0 Å². The second-order valence-electron chi connectivity index (χ2n) is 8.18. The highest BCUT2D eigenvalue weighted by molar-refractivity contribution is 9.10. The summed E-state index contributed by atoms with van der Waals surface area (Å²) in [5.41, 5.74) is 2.64. The van der Waals surface area contributed by atoms with Crippen LogP contribution in [-0.2, 0) is 11.4 Å². The first-order valence-corrected chi connectivity index (χ1v) is 14.3. The summed E-state index contributed by atoms with van der Waals surface area (Å²) < 4.78 is 14.4. The van der Waals surface area contributed by atoms with Crippen LogP contribution in [0.25, 0.3) is 16.8 Å². The van der Waals surface area contributed by atoms with Crippen LogP contribution in [0.15, 0.2) is 92.7 Å². The Kier molecular flexibility index (Phi) is 8.00. The summed E-state index contributed by atoms with van der Waals surface area (Å²) in [5.74, 6) is 1.07. The van der Waals surface area contributed by atoms with Crippen LogP contribution in [0.5, 0.6) is 11.5 Å². The third kappa shape index (κ3) is 5.62. The number of rotatable bonds is 7. The molecule has 186 valence electrons. The number of ether oxygens (including phenoxy) is 2. The summed E-state index contributed by atoms with van der Waals surface area (Å²) in [7, 11) is 0. The summed E-state index contributed by atoms with van der Waals surface area (Å²) in [5, 5.41) is 2.33. The summed E-state index contributed by atoms with van der Waals surface area (Å²) in [6.45, 7) is 2.80. The van der Waals surface area contributed by atoms with Gasteiger partial charge in [-0.3, -0.25) is 9.69 Å². The molecular formula is C29H21Br2NO3S2. The quantitative estimate of drug-likeness (QED) is 0.147. The minimum atomic E-state index is -0.150. The second-order valence-corrected chi connectivity index (χ2v) is 11.6. The molecular weight excluding hydrogens is 634 g/mol. The Morgan fingerprint density at radius 2 is 1.73 bits per heavy atom. The van der Waals surface area contributed by atoms with E-state index in [1.807, 2.05) is 67.6 Å². The summed E-state index contributed by atoms with van der Waals surface area (Å²) in [6, 6.07) is 25.8. The Morgan fingerprint density at radius 1 is 0.973 bits per heavy atom. The third-order valence-corrected chi connectivity index (χ3v) is 8.18. The third-order valence-electron chi connectivity index (χ3n) is 5.76. The summed E-state index contributed by atoms with van der Waals surface area (Å²) >= 11 is 13.9. The Hall–Kier alpha value is -2.65. The van der Waals surface area contributed by atoms with E-state index in [9.17, 15) is 4.79 Å². The number of thiocarbonyl (C=S) groups is 1. The van der Waals surface area contributed by atoms with E-state index in [2.05, 4.69) is 56.1 Å². The van der Waals surface area contributed by atoms with Gasteiger partial charge in [0.15, 0.2) is 15.8 Å². The van der Waals surface area contributed by atoms with Crippen molar-refractivity contribution in [2.75, 3.05) is 11.5 Å². The van der Waals surface area contributed by atoms with Crippen molar-refractivity contribution in [1.82, 2.24) is 0 Å². The number of hydrogen-bond donors (Lipinski definition) is 0. The molecule has 0 spiro atoms. The zero-order valence-corrected chi connectivity index (χ0v) is 24.5. The Morgan fingerprint density at radius 3 is 2.51 bits per heavy atom. The van der Waals surface area contributed by atoms with Gasteiger partial charge in [-0.1, -0.05) is 82.4 Å². The van der Waals surface area contributed by atoms with Gasteiger partial charge >= 0.3 is 0 Å². The minimum absolute atomic E-state index is 0.150. The van der Waals surface area contributed by atoms with Gasteiger partial charge in [0.25, 0.3) is 5.91 Å². The number of nitrogens with zero attached hydrogens (tertiary/aromatic N) is 1. The Labute approximate surface area is 241 Å². The Bertz CT molecular complexity index is 1530. The molecule has 1 amide bonds. The average molecular weight is 655 g/mol. The number of hydrogen-bond acceptors (Lipinski definition) is 5. The number of carbonyl (C=O) groups excluding carboxylic acids is 1.